The maximum Gasteiger partial charge on any atom is 0.269 e. The van der Waals surface area contributed by atoms with E-state index < -0.39 is 0 Å². The van der Waals surface area contributed by atoms with Gasteiger partial charge in [0.05, 0.1) is 19.9 Å². The molecule has 2 aromatic carbocycles. The highest BCUT2D eigenvalue weighted by Gasteiger charge is 2.10. The minimum absolute atomic E-state index is 0.222. The second kappa shape index (κ2) is 9.59. The molecule has 0 fully saturated rings. The Morgan fingerprint density at radius 3 is 2.59 bits per heavy atom. The van der Waals surface area contributed by atoms with Crippen molar-refractivity contribution in [1.29, 1.82) is 0 Å². The van der Waals surface area contributed by atoms with Crippen LogP contribution in [0.15, 0.2) is 60.8 Å². The topological polar surface area (TPSA) is 72.5 Å². The second-order valence-electron chi connectivity index (χ2n) is 6.58. The molecule has 150 valence electrons. The molecular weight excluding hydrogens is 366 g/mol. The number of nitrogens with zero attached hydrogens (tertiary/aromatic N) is 1. The van der Waals surface area contributed by atoms with E-state index in [1.165, 1.54) is 0 Å². The Hall–Kier alpha value is -3.54. The first-order valence-electron chi connectivity index (χ1n) is 9.38. The summed E-state index contributed by atoms with van der Waals surface area (Å²) in [6, 6.07) is 17.2. The smallest absolute Gasteiger partial charge is 0.269 e. The summed E-state index contributed by atoms with van der Waals surface area (Å²) in [6.45, 7) is 2.50. The van der Waals surface area contributed by atoms with Gasteiger partial charge in [-0.05, 0) is 54.8 Å². The Kier molecular flexibility index (Phi) is 6.68. The predicted octanol–water partition coefficient (Wildman–Crippen LogP) is 4.12. The molecule has 1 amide bonds. The summed E-state index contributed by atoms with van der Waals surface area (Å²) in [6.07, 6.45) is 2.29. The molecule has 3 aromatic rings. The molecule has 0 unspecified atom stereocenters. The molecule has 6 nitrogen and oxygen atoms in total. The van der Waals surface area contributed by atoms with Crippen molar-refractivity contribution in [3.8, 4) is 11.5 Å². The van der Waals surface area contributed by atoms with E-state index in [2.05, 4.69) is 15.6 Å². The van der Waals surface area contributed by atoms with Crippen LogP contribution in [0.3, 0.4) is 0 Å². The number of nitrogens with one attached hydrogen (secondary N) is 2. The fourth-order valence-electron chi connectivity index (χ4n) is 3.02. The lowest BCUT2D eigenvalue weighted by atomic mass is 10.1. The Bertz CT molecular complexity index is 989. The Labute approximate surface area is 170 Å². The van der Waals surface area contributed by atoms with Crippen LogP contribution < -0.4 is 20.1 Å². The summed E-state index contributed by atoms with van der Waals surface area (Å²) in [7, 11) is 3.27. The van der Waals surface area contributed by atoms with Crippen LogP contribution >= 0.6 is 0 Å². The quantitative estimate of drug-likeness (QED) is 0.604. The molecule has 0 aliphatic heterocycles. The SMILES string of the molecule is COc1ccccc1CCNC(=O)c1cc(Nc2cc(C)ccc2OC)ccn1. The average Bonchev–Trinajstić information content (AvgIpc) is 2.74. The molecule has 6 heteroatoms. The first-order chi connectivity index (χ1) is 14.1. The van der Waals surface area contributed by atoms with Crippen LogP contribution in [0.4, 0.5) is 11.4 Å². The number of amides is 1. The van der Waals surface area contributed by atoms with Gasteiger partial charge in [0.2, 0.25) is 0 Å². The van der Waals surface area contributed by atoms with Crippen molar-refractivity contribution in [3.05, 3.63) is 77.6 Å². The summed E-state index contributed by atoms with van der Waals surface area (Å²) in [5, 5.41) is 6.21. The van der Waals surface area contributed by atoms with Gasteiger partial charge in [0.15, 0.2) is 0 Å². The number of aryl methyl sites for hydroxylation is 1. The molecule has 2 N–H and O–H groups in total. The van der Waals surface area contributed by atoms with E-state index in [-0.39, 0.29) is 5.91 Å². The Balaban J connectivity index is 1.64. The van der Waals surface area contributed by atoms with Crippen molar-refractivity contribution < 1.29 is 14.3 Å². The van der Waals surface area contributed by atoms with E-state index in [1.54, 1.807) is 26.5 Å². The summed E-state index contributed by atoms with van der Waals surface area (Å²) in [4.78, 5) is 16.7. The van der Waals surface area contributed by atoms with Crippen LogP contribution in [0, 0.1) is 6.92 Å². The highest BCUT2D eigenvalue weighted by atomic mass is 16.5. The summed E-state index contributed by atoms with van der Waals surface area (Å²) < 4.78 is 10.7. The minimum atomic E-state index is -0.222. The van der Waals surface area contributed by atoms with Crippen molar-refractivity contribution in [1.82, 2.24) is 10.3 Å². The van der Waals surface area contributed by atoms with Crippen molar-refractivity contribution in [3.63, 3.8) is 0 Å². The minimum Gasteiger partial charge on any atom is -0.496 e. The lowest BCUT2D eigenvalue weighted by molar-refractivity contribution is 0.0949. The fourth-order valence-corrected chi connectivity index (χ4v) is 3.02. The number of para-hydroxylation sites is 1. The molecule has 0 aliphatic rings. The van der Waals surface area contributed by atoms with Gasteiger partial charge in [-0.2, -0.15) is 0 Å². The molecule has 0 radical (unpaired) electrons. The third kappa shape index (κ3) is 5.25. The van der Waals surface area contributed by atoms with E-state index in [4.69, 9.17) is 9.47 Å². The van der Waals surface area contributed by atoms with Crippen LogP contribution in [0.5, 0.6) is 11.5 Å². The first-order valence-corrected chi connectivity index (χ1v) is 9.38. The van der Waals surface area contributed by atoms with Crippen molar-refractivity contribution in [2.45, 2.75) is 13.3 Å². The Morgan fingerprint density at radius 2 is 1.79 bits per heavy atom. The molecule has 0 saturated heterocycles. The molecule has 29 heavy (non-hydrogen) atoms. The molecule has 0 spiro atoms. The van der Waals surface area contributed by atoms with Crippen LogP contribution in [-0.4, -0.2) is 31.7 Å². The molecular formula is C23H25N3O3. The van der Waals surface area contributed by atoms with Crippen LogP contribution in [-0.2, 0) is 6.42 Å². The lowest BCUT2D eigenvalue weighted by Gasteiger charge is -2.13. The zero-order valence-corrected chi connectivity index (χ0v) is 16.9. The van der Waals surface area contributed by atoms with Gasteiger partial charge < -0.3 is 20.1 Å². The largest absolute Gasteiger partial charge is 0.496 e. The standard InChI is InChI=1S/C23H25N3O3/c1-16-8-9-22(29-3)19(14-16)26-18-11-13-24-20(15-18)23(27)25-12-10-17-6-4-5-7-21(17)28-2/h4-9,11,13-15H,10,12H2,1-3H3,(H,24,26)(H,25,27). The van der Waals surface area contributed by atoms with Gasteiger partial charge in [-0.25, -0.2) is 0 Å². The van der Waals surface area contributed by atoms with Gasteiger partial charge >= 0.3 is 0 Å². The number of pyridine rings is 1. The third-order valence-electron chi connectivity index (χ3n) is 4.50. The van der Waals surface area contributed by atoms with Gasteiger partial charge in [0.1, 0.15) is 17.2 Å². The molecule has 0 bridgehead atoms. The molecule has 1 heterocycles. The fraction of sp³-hybridized carbons (Fsp3) is 0.217. The van der Waals surface area contributed by atoms with E-state index in [1.807, 2.05) is 55.5 Å². The summed E-state index contributed by atoms with van der Waals surface area (Å²) in [5.74, 6) is 1.33. The number of hydrogen-bond acceptors (Lipinski definition) is 5. The van der Waals surface area contributed by atoms with Gasteiger partial charge in [-0.3, -0.25) is 9.78 Å². The number of carbonyl (C=O) groups is 1. The van der Waals surface area contributed by atoms with Gasteiger partial charge in [0, 0.05) is 18.4 Å². The summed E-state index contributed by atoms with van der Waals surface area (Å²) in [5.41, 5.74) is 4.10. The first kappa shape index (κ1) is 20.2. The number of rotatable bonds is 8. The summed E-state index contributed by atoms with van der Waals surface area (Å²) >= 11 is 0. The van der Waals surface area contributed by atoms with E-state index in [0.717, 1.165) is 34.0 Å². The number of aromatic nitrogens is 1. The van der Waals surface area contributed by atoms with Gasteiger partial charge in [-0.15, -0.1) is 0 Å². The van der Waals surface area contributed by atoms with Crippen molar-refractivity contribution in [2.24, 2.45) is 0 Å². The maximum absolute atomic E-state index is 12.5. The van der Waals surface area contributed by atoms with Gasteiger partial charge in [0.25, 0.3) is 5.91 Å². The number of ether oxygens (including phenoxy) is 2. The van der Waals surface area contributed by atoms with Crippen LogP contribution in [0.25, 0.3) is 0 Å². The second-order valence-corrected chi connectivity index (χ2v) is 6.58. The lowest BCUT2D eigenvalue weighted by Crippen LogP contribution is -2.26. The molecule has 0 saturated carbocycles. The number of benzene rings is 2. The molecule has 1 aromatic heterocycles. The van der Waals surface area contributed by atoms with E-state index in [9.17, 15) is 4.79 Å². The van der Waals surface area contributed by atoms with Crippen LogP contribution in [0.2, 0.25) is 0 Å². The van der Waals surface area contributed by atoms with Crippen LogP contribution in [0.1, 0.15) is 21.6 Å². The highest BCUT2D eigenvalue weighted by molar-refractivity contribution is 5.93. The molecule has 3 rings (SSSR count). The number of methoxy groups -OCH3 is 2. The number of hydrogen-bond donors (Lipinski definition) is 2. The number of carbonyl (C=O) groups excluding carboxylic acids is 1. The zero-order chi connectivity index (χ0) is 20.6. The van der Waals surface area contributed by atoms with E-state index >= 15 is 0 Å². The molecule has 0 aliphatic carbocycles. The zero-order valence-electron chi connectivity index (χ0n) is 16.9. The normalized spacial score (nSPS) is 10.3. The highest BCUT2D eigenvalue weighted by Crippen LogP contribution is 2.28. The van der Waals surface area contributed by atoms with Crippen molar-refractivity contribution >= 4 is 17.3 Å². The third-order valence-corrected chi connectivity index (χ3v) is 4.50. The van der Waals surface area contributed by atoms with E-state index in [0.29, 0.717) is 18.7 Å². The van der Waals surface area contributed by atoms with Gasteiger partial charge in [-0.1, -0.05) is 24.3 Å². The number of anilines is 2. The van der Waals surface area contributed by atoms with Crippen molar-refractivity contribution in [2.75, 3.05) is 26.1 Å². The molecule has 0 atom stereocenters. The predicted molar refractivity (Wildman–Crippen MR) is 114 cm³/mol. The monoisotopic (exact) mass is 391 g/mol. The Morgan fingerprint density at radius 1 is 1.00 bits per heavy atom. The average molecular weight is 391 g/mol. The maximum atomic E-state index is 12.5.